The van der Waals surface area contributed by atoms with Crippen LogP contribution in [0.2, 0.25) is 0 Å². The minimum atomic E-state index is -0.171. The van der Waals surface area contributed by atoms with Crippen LogP contribution < -0.4 is 5.32 Å². The van der Waals surface area contributed by atoms with Crippen molar-refractivity contribution in [3.8, 4) is 6.07 Å². The maximum Gasteiger partial charge on any atom is 0.121 e. The van der Waals surface area contributed by atoms with Gasteiger partial charge < -0.3 is 0 Å². The summed E-state index contributed by atoms with van der Waals surface area (Å²) in [5.74, 6) is 0. The van der Waals surface area contributed by atoms with E-state index in [1.165, 1.54) is 5.56 Å². The summed E-state index contributed by atoms with van der Waals surface area (Å²) in [4.78, 5) is 0. The summed E-state index contributed by atoms with van der Waals surface area (Å²) in [7, 11) is 0. The van der Waals surface area contributed by atoms with Gasteiger partial charge in [0.2, 0.25) is 0 Å². The van der Waals surface area contributed by atoms with E-state index < -0.39 is 0 Å². The second-order valence-corrected chi connectivity index (χ2v) is 3.43. The molecule has 1 aromatic carbocycles. The maximum atomic E-state index is 8.96. The first-order valence-electron chi connectivity index (χ1n) is 4.97. The van der Waals surface area contributed by atoms with Crippen LogP contribution in [0.4, 0.5) is 0 Å². The second-order valence-electron chi connectivity index (χ2n) is 3.43. The quantitative estimate of drug-likeness (QED) is 0.788. The molecule has 1 aromatic rings. The largest absolute Gasteiger partial charge is 0.298 e. The highest BCUT2D eigenvalue weighted by atomic mass is 14.9. The molecule has 0 aliphatic rings. The molecule has 0 aromatic heterocycles. The lowest BCUT2D eigenvalue weighted by Crippen LogP contribution is -2.20. The SMILES string of the molecule is CCCNC(C#N)c1ccc(C)cc1. The van der Waals surface area contributed by atoms with Crippen molar-refractivity contribution in [1.29, 1.82) is 5.26 Å². The summed E-state index contributed by atoms with van der Waals surface area (Å²) in [5, 5.41) is 12.2. The third kappa shape index (κ3) is 2.86. The minimum Gasteiger partial charge on any atom is -0.298 e. The van der Waals surface area contributed by atoms with Crippen LogP contribution in [0.15, 0.2) is 24.3 Å². The molecule has 0 aliphatic carbocycles. The Morgan fingerprint density at radius 2 is 2.00 bits per heavy atom. The lowest BCUT2D eigenvalue weighted by molar-refractivity contribution is 0.621. The van der Waals surface area contributed by atoms with Crippen molar-refractivity contribution >= 4 is 0 Å². The number of nitrogens with one attached hydrogen (secondary N) is 1. The first kappa shape index (κ1) is 10.7. The molecule has 0 amide bonds. The molecule has 74 valence electrons. The minimum absolute atomic E-state index is 0.171. The van der Waals surface area contributed by atoms with E-state index in [0.29, 0.717) is 0 Å². The van der Waals surface area contributed by atoms with Crippen LogP contribution in [0.5, 0.6) is 0 Å². The number of hydrogen-bond acceptors (Lipinski definition) is 2. The van der Waals surface area contributed by atoms with Crippen molar-refractivity contribution < 1.29 is 0 Å². The lowest BCUT2D eigenvalue weighted by atomic mass is 10.1. The average molecular weight is 188 g/mol. The molecule has 0 spiro atoms. The van der Waals surface area contributed by atoms with E-state index >= 15 is 0 Å². The fraction of sp³-hybridized carbons (Fsp3) is 0.417. The Balaban J connectivity index is 2.70. The molecule has 1 unspecified atom stereocenters. The summed E-state index contributed by atoms with van der Waals surface area (Å²) in [5.41, 5.74) is 2.27. The Hall–Kier alpha value is -1.33. The van der Waals surface area contributed by atoms with Crippen molar-refractivity contribution in [3.05, 3.63) is 35.4 Å². The maximum absolute atomic E-state index is 8.96. The highest BCUT2D eigenvalue weighted by Crippen LogP contribution is 2.12. The first-order chi connectivity index (χ1) is 6.77. The number of rotatable bonds is 4. The molecule has 0 aliphatic heterocycles. The van der Waals surface area contributed by atoms with Crippen molar-refractivity contribution in [2.75, 3.05) is 6.54 Å². The zero-order chi connectivity index (χ0) is 10.4. The normalized spacial score (nSPS) is 12.1. The number of nitrogens with zero attached hydrogens (tertiary/aromatic N) is 1. The molecule has 0 bridgehead atoms. The van der Waals surface area contributed by atoms with Gasteiger partial charge in [-0.15, -0.1) is 0 Å². The molecular formula is C12H16N2. The van der Waals surface area contributed by atoms with Gasteiger partial charge in [0.25, 0.3) is 0 Å². The second kappa shape index (κ2) is 5.41. The first-order valence-corrected chi connectivity index (χ1v) is 4.97. The fourth-order valence-corrected chi connectivity index (χ4v) is 1.29. The van der Waals surface area contributed by atoms with Crippen LogP contribution >= 0.6 is 0 Å². The monoisotopic (exact) mass is 188 g/mol. The molecule has 14 heavy (non-hydrogen) atoms. The van der Waals surface area contributed by atoms with Crippen molar-refractivity contribution in [1.82, 2.24) is 5.32 Å². The Bertz CT molecular complexity index is 308. The average Bonchev–Trinajstić information content (AvgIpc) is 2.21. The third-order valence-electron chi connectivity index (χ3n) is 2.14. The van der Waals surface area contributed by atoms with Gasteiger partial charge in [-0.2, -0.15) is 5.26 Å². The molecule has 1 atom stereocenters. The van der Waals surface area contributed by atoms with E-state index in [-0.39, 0.29) is 6.04 Å². The van der Waals surface area contributed by atoms with E-state index in [2.05, 4.69) is 18.3 Å². The molecule has 0 saturated carbocycles. The molecule has 0 saturated heterocycles. The van der Waals surface area contributed by atoms with Crippen LogP contribution in [0.25, 0.3) is 0 Å². The molecular weight excluding hydrogens is 172 g/mol. The predicted octanol–water partition coefficient (Wildman–Crippen LogP) is 2.56. The highest BCUT2D eigenvalue weighted by Gasteiger charge is 2.07. The molecule has 1 rings (SSSR count). The van der Waals surface area contributed by atoms with E-state index in [4.69, 9.17) is 5.26 Å². The van der Waals surface area contributed by atoms with Gasteiger partial charge in [0, 0.05) is 0 Å². The number of benzene rings is 1. The van der Waals surface area contributed by atoms with Gasteiger partial charge in [-0.25, -0.2) is 0 Å². The zero-order valence-electron chi connectivity index (χ0n) is 8.75. The van der Waals surface area contributed by atoms with Crippen LogP contribution in [0, 0.1) is 18.3 Å². The van der Waals surface area contributed by atoms with Gasteiger partial charge in [0.15, 0.2) is 0 Å². The summed E-state index contributed by atoms with van der Waals surface area (Å²) in [6.45, 7) is 5.02. The Kier molecular flexibility index (Phi) is 4.15. The summed E-state index contributed by atoms with van der Waals surface area (Å²) < 4.78 is 0. The van der Waals surface area contributed by atoms with Gasteiger partial charge in [-0.1, -0.05) is 36.8 Å². The summed E-state index contributed by atoms with van der Waals surface area (Å²) in [6, 6.07) is 10.2. The molecule has 0 radical (unpaired) electrons. The van der Waals surface area contributed by atoms with Crippen LogP contribution in [0.1, 0.15) is 30.5 Å². The highest BCUT2D eigenvalue weighted by molar-refractivity contribution is 5.27. The number of nitriles is 1. The molecule has 0 heterocycles. The van der Waals surface area contributed by atoms with E-state index in [9.17, 15) is 0 Å². The number of hydrogen-bond donors (Lipinski definition) is 1. The van der Waals surface area contributed by atoms with Gasteiger partial charge in [-0.05, 0) is 25.5 Å². The fourth-order valence-electron chi connectivity index (χ4n) is 1.29. The van der Waals surface area contributed by atoms with Crippen molar-refractivity contribution in [2.24, 2.45) is 0 Å². The van der Waals surface area contributed by atoms with Gasteiger partial charge in [0.05, 0.1) is 6.07 Å². The van der Waals surface area contributed by atoms with E-state index in [0.717, 1.165) is 18.5 Å². The van der Waals surface area contributed by atoms with E-state index in [1.807, 2.05) is 31.2 Å². The Labute approximate surface area is 85.6 Å². The number of aryl methyl sites for hydroxylation is 1. The van der Waals surface area contributed by atoms with E-state index in [1.54, 1.807) is 0 Å². The Morgan fingerprint density at radius 3 is 2.50 bits per heavy atom. The van der Waals surface area contributed by atoms with Gasteiger partial charge in [0.1, 0.15) is 6.04 Å². The molecule has 2 nitrogen and oxygen atoms in total. The van der Waals surface area contributed by atoms with Crippen molar-refractivity contribution in [3.63, 3.8) is 0 Å². The van der Waals surface area contributed by atoms with Gasteiger partial charge >= 0.3 is 0 Å². The van der Waals surface area contributed by atoms with Crippen LogP contribution in [0.3, 0.4) is 0 Å². The molecule has 1 N–H and O–H groups in total. The predicted molar refractivity (Wildman–Crippen MR) is 57.8 cm³/mol. The lowest BCUT2D eigenvalue weighted by Gasteiger charge is -2.10. The molecule has 0 fully saturated rings. The standard InChI is InChI=1S/C12H16N2/c1-3-8-14-12(9-13)11-6-4-10(2)5-7-11/h4-7,12,14H,3,8H2,1-2H3. The topological polar surface area (TPSA) is 35.8 Å². The zero-order valence-corrected chi connectivity index (χ0v) is 8.75. The Morgan fingerprint density at radius 1 is 1.36 bits per heavy atom. The smallest absolute Gasteiger partial charge is 0.121 e. The summed E-state index contributed by atoms with van der Waals surface area (Å²) in [6.07, 6.45) is 1.05. The van der Waals surface area contributed by atoms with Crippen LogP contribution in [-0.2, 0) is 0 Å². The van der Waals surface area contributed by atoms with Crippen LogP contribution in [-0.4, -0.2) is 6.54 Å². The summed E-state index contributed by atoms with van der Waals surface area (Å²) >= 11 is 0. The third-order valence-corrected chi connectivity index (χ3v) is 2.14. The van der Waals surface area contributed by atoms with Crippen molar-refractivity contribution in [2.45, 2.75) is 26.3 Å². The van der Waals surface area contributed by atoms with Gasteiger partial charge in [-0.3, -0.25) is 5.32 Å². The molecule has 2 heteroatoms.